The Hall–Kier alpha value is -1.47. The Morgan fingerprint density at radius 2 is 1.71 bits per heavy atom. The second kappa shape index (κ2) is 13.0. The summed E-state index contributed by atoms with van der Waals surface area (Å²) in [6.07, 6.45) is 16.2. The van der Waals surface area contributed by atoms with Gasteiger partial charge in [0.1, 0.15) is 0 Å². The topological polar surface area (TPSA) is 86.1 Å². The van der Waals surface area contributed by atoms with Crippen molar-refractivity contribution in [2.24, 2.45) is 29.4 Å². The molecule has 4 aliphatic heterocycles. The van der Waals surface area contributed by atoms with Crippen molar-refractivity contribution in [1.29, 1.82) is 0 Å². The minimum Gasteiger partial charge on any atom is -0.375 e. The number of hydrogen-bond donors (Lipinski definition) is 3. The first-order chi connectivity index (χ1) is 19.9. The molecule has 0 radical (unpaired) electrons. The van der Waals surface area contributed by atoms with Crippen LogP contribution in [0.1, 0.15) is 77.6 Å². The number of nitrogens with one attached hydrogen (secondary N) is 2. The standard InChI is InChI=1S/C33H54N6O2/c1-4-29(40)39-17-16-25(18-22(39)2)38-19-23(20-38)10-15-28-30(31-32(34)35-21-36-33(31)37(28)3)24-11-13-27(14-12-24)41-26-8-6-5-7-9-26/h4,22-28,30-33,35-36H,1,5-9,11-14,16-21,34H2,2-3H3/t22-,24?,25?,27?,28?,30?,31?,32?,33?/m1/s1. The van der Waals surface area contributed by atoms with Crippen molar-refractivity contribution in [3.63, 3.8) is 0 Å². The SMILES string of the molecule is C=CC(=O)N1CCC(N2CC(C#CC3C(C4CCC(OC5CCCCC5)CC4)C4C(N)NCNC4N3C)C2)C[C@H]1C. The molecule has 0 aromatic rings. The summed E-state index contributed by atoms with van der Waals surface area (Å²) >= 11 is 0. The molecule has 0 aromatic heterocycles. The summed E-state index contributed by atoms with van der Waals surface area (Å²) in [6, 6.07) is 1.07. The van der Waals surface area contributed by atoms with Crippen LogP contribution in [0.2, 0.25) is 0 Å². The number of fused-ring (bicyclic) bond motifs is 1. The van der Waals surface area contributed by atoms with Gasteiger partial charge < -0.3 is 15.4 Å². The molecule has 0 spiro atoms. The molecule has 7 atom stereocenters. The maximum Gasteiger partial charge on any atom is 0.246 e. The quantitative estimate of drug-likeness (QED) is 0.349. The van der Waals surface area contributed by atoms with Crippen LogP contribution in [0.15, 0.2) is 12.7 Å². The third-order valence-corrected chi connectivity index (χ3v) is 11.5. The molecule has 2 saturated carbocycles. The smallest absolute Gasteiger partial charge is 0.246 e. The predicted molar refractivity (Wildman–Crippen MR) is 162 cm³/mol. The summed E-state index contributed by atoms with van der Waals surface area (Å²) in [5.41, 5.74) is 6.75. The maximum atomic E-state index is 12.1. The van der Waals surface area contributed by atoms with Gasteiger partial charge >= 0.3 is 0 Å². The van der Waals surface area contributed by atoms with Crippen molar-refractivity contribution in [3.05, 3.63) is 12.7 Å². The number of piperidine rings is 1. The Kier molecular flexibility index (Phi) is 9.41. The van der Waals surface area contributed by atoms with Crippen molar-refractivity contribution < 1.29 is 9.53 Å². The molecule has 6 unspecified atom stereocenters. The number of amides is 1. The van der Waals surface area contributed by atoms with Gasteiger partial charge in [0.2, 0.25) is 5.91 Å². The van der Waals surface area contributed by atoms with Gasteiger partial charge in [-0.15, -0.1) is 0 Å². The van der Waals surface area contributed by atoms with Gasteiger partial charge in [0.05, 0.1) is 30.6 Å². The normalized spacial score (nSPS) is 41.2. The summed E-state index contributed by atoms with van der Waals surface area (Å²) in [6.45, 7) is 9.53. The number of ether oxygens (including phenoxy) is 1. The molecule has 228 valence electrons. The van der Waals surface area contributed by atoms with Gasteiger partial charge in [-0.2, -0.15) is 0 Å². The number of hydrogen-bond acceptors (Lipinski definition) is 7. The molecule has 6 rings (SSSR count). The number of rotatable bonds is 5. The molecule has 1 amide bonds. The fourth-order valence-electron chi connectivity index (χ4n) is 9.15. The van der Waals surface area contributed by atoms with Crippen LogP contribution in [0.3, 0.4) is 0 Å². The van der Waals surface area contributed by atoms with E-state index in [1.807, 2.05) is 4.90 Å². The Labute approximate surface area is 248 Å². The lowest BCUT2D eigenvalue weighted by Crippen LogP contribution is -2.63. The molecule has 4 heterocycles. The lowest BCUT2D eigenvalue weighted by atomic mass is 9.70. The van der Waals surface area contributed by atoms with E-state index in [-0.39, 0.29) is 30.3 Å². The summed E-state index contributed by atoms with van der Waals surface area (Å²) in [7, 11) is 2.26. The van der Waals surface area contributed by atoms with Crippen LogP contribution in [0.5, 0.6) is 0 Å². The second-order valence-electron chi connectivity index (χ2n) is 14.0. The Bertz CT molecular complexity index is 976. The molecule has 8 heteroatoms. The van der Waals surface area contributed by atoms with E-state index in [0.29, 0.717) is 41.9 Å². The van der Waals surface area contributed by atoms with Crippen molar-refractivity contribution in [2.75, 3.05) is 33.4 Å². The Morgan fingerprint density at radius 1 is 0.976 bits per heavy atom. The van der Waals surface area contributed by atoms with E-state index in [2.05, 4.69) is 52.8 Å². The molecule has 6 aliphatic rings. The lowest BCUT2D eigenvalue weighted by Gasteiger charge is -2.47. The summed E-state index contributed by atoms with van der Waals surface area (Å²) in [5.74, 6) is 9.57. The van der Waals surface area contributed by atoms with E-state index in [1.165, 1.54) is 63.9 Å². The molecule has 8 nitrogen and oxygen atoms in total. The highest BCUT2D eigenvalue weighted by Crippen LogP contribution is 2.46. The van der Waals surface area contributed by atoms with Crippen LogP contribution in [-0.2, 0) is 9.53 Å². The average molecular weight is 567 g/mol. The molecular formula is C33H54N6O2. The fraction of sp³-hybridized carbons (Fsp3) is 0.848. The first-order valence-corrected chi connectivity index (χ1v) is 16.7. The third-order valence-electron chi connectivity index (χ3n) is 11.5. The van der Waals surface area contributed by atoms with Crippen molar-refractivity contribution in [1.82, 2.24) is 25.3 Å². The number of carbonyl (C=O) groups is 1. The van der Waals surface area contributed by atoms with Crippen molar-refractivity contribution >= 4 is 5.91 Å². The number of likely N-dealkylation sites (tertiary alicyclic amines) is 3. The van der Waals surface area contributed by atoms with E-state index in [1.54, 1.807) is 0 Å². The summed E-state index contributed by atoms with van der Waals surface area (Å²) in [4.78, 5) is 19.2. The van der Waals surface area contributed by atoms with Crippen LogP contribution >= 0.6 is 0 Å². The minimum absolute atomic E-state index is 0.0109. The van der Waals surface area contributed by atoms with Crippen LogP contribution in [-0.4, -0.2) is 96.6 Å². The van der Waals surface area contributed by atoms with Crippen LogP contribution in [0, 0.1) is 35.5 Å². The maximum absolute atomic E-state index is 12.1. The van der Waals surface area contributed by atoms with E-state index >= 15 is 0 Å². The zero-order chi connectivity index (χ0) is 28.5. The number of nitrogens with zero attached hydrogens (tertiary/aromatic N) is 3. The number of carbonyl (C=O) groups excluding carboxylic acids is 1. The van der Waals surface area contributed by atoms with Gasteiger partial charge in [-0.3, -0.25) is 25.2 Å². The fourth-order valence-corrected chi connectivity index (χ4v) is 9.15. The molecule has 6 fully saturated rings. The zero-order valence-electron chi connectivity index (χ0n) is 25.5. The van der Waals surface area contributed by atoms with E-state index in [4.69, 9.17) is 10.5 Å². The largest absolute Gasteiger partial charge is 0.375 e. The van der Waals surface area contributed by atoms with Gasteiger partial charge in [0.25, 0.3) is 0 Å². The van der Waals surface area contributed by atoms with Gasteiger partial charge in [-0.05, 0) is 83.2 Å². The van der Waals surface area contributed by atoms with Gasteiger partial charge in [-0.25, -0.2) is 0 Å². The molecule has 4 N–H and O–H groups in total. The molecular weight excluding hydrogens is 512 g/mol. The predicted octanol–water partition coefficient (Wildman–Crippen LogP) is 2.70. The lowest BCUT2D eigenvalue weighted by molar-refractivity contribution is -0.130. The highest BCUT2D eigenvalue weighted by atomic mass is 16.5. The summed E-state index contributed by atoms with van der Waals surface area (Å²) in [5, 5.41) is 7.21. The van der Waals surface area contributed by atoms with E-state index in [0.717, 1.165) is 39.1 Å². The summed E-state index contributed by atoms with van der Waals surface area (Å²) < 4.78 is 6.59. The molecule has 2 aliphatic carbocycles. The highest BCUT2D eigenvalue weighted by molar-refractivity contribution is 5.87. The Balaban J connectivity index is 1.07. The van der Waals surface area contributed by atoms with Gasteiger partial charge in [0.15, 0.2) is 0 Å². The molecule has 41 heavy (non-hydrogen) atoms. The average Bonchev–Trinajstić information content (AvgIpc) is 3.25. The van der Waals surface area contributed by atoms with Gasteiger partial charge in [-0.1, -0.05) is 37.7 Å². The first kappa shape index (κ1) is 29.6. The first-order valence-electron chi connectivity index (χ1n) is 16.7. The zero-order valence-corrected chi connectivity index (χ0v) is 25.5. The molecule has 0 aromatic carbocycles. The molecule has 4 saturated heterocycles. The van der Waals surface area contributed by atoms with Crippen LogP contribution in [0.25, 0.3) is 0 Å². The monoisotopic (exact) mass is 566 g/mol. The van der Waals surface area contributed by atoms with E-state index in [9.17, 15) is 4.79 Å². The number of nitrogens with two attached hydrogens (primary N) is 1. The van der Waals surface area contributed by atoms with Crippen LogP contribution < -0.4 is 16.4 Å². The Morgan fingerprint density at radius 3 is 2.41 bits per heavy atom. The van der Waals surface area contributed by atoms with Crippen molar-refractivity contribution in [3.8, 4) is 11.8 Å². The van der Waals surface area contributed by atoms with E-state index < -0.39 is 0 Å². The molecule has 0 bridgehead atoms. The second-order valence-corrected chi connectivity index (χ2v) is 14.0. The minimum atomic E-state index is 0.0109. The van der Waals surface area contributed by atoms with Crippen LogP contribution in [0.4, 0.5) is 0 Å². The van der Waals surface area contributed by atoms with Gasteiger partial charge in [0, 0.05) is 50.2 Å². The third kappa shape index (κ3) is 6.27. The van der Waals surface area contributed by atoms with Crippen molar-refractivity contribution in [2.45, 2.75) is 120 Å². The highest BCUT2D eigenvalue weighted by Gasteiger charge is 2.53.